The number of para-hydroxylation sites is 1. The first-order valence-electron chi connectivity index (χ1n) is 6.84. The third-order valence-electron chi connectivity index (χ3n) is 3.13. The van der Waals surface area contributed by atoms with Gasteiger partial charge in [0.1, 0.15) is 5.75 Å². The molecule has 0 saturated carbocycles. The summed E-state index contributed by atoms with van der Waals surface area (Å²) in [6.45, 7) is 0. The monoisotopic (exact) mass is 388 g/mol. The molecule has 0 spiro atoms. The SMILES string of the molecule is COc1ccccc1C=C1SC(=Nc2ccc(Br)cc2)NC1=O. The minimum Gasteiger partial charge on any atom is -0.496 e. The zero-order valence-electron chi connectivity index (χ0n) is 12.2. The smallest absolute Gasteiger partial charge is 0.264 e. The first-order chi connectivity index (χ1) is 11.2. The average Bonchev–Trinajstić information content (AvgIpc) is 2.90. The van der Waals surface area contributed by atoms with Crippen molar-refractivity contribution in [1.29, 1.82) is 0 Å². The van der Waals surface area contributed by atoms with Crippen molar-refractivity contribution >= 4 is 50.5 Å². The van der Waals surface area contributed by atoms with Crippen LogP contribution >= 0.6 is 27.7 Å². The molecule has 4 nitrogen and oxygen atoms in total. The van der Waals surface area contributed by atoms with Crippen molar-refractivity contribution in [1.82, 2.24) is 5.32 Å². The summed E-state index contributed by atoms with van der Waals surface area (Å²) in [5.41, 5.74) is 1.65. The highest BCUT2D eigenvalue weighted by atomic mass is 79.9. The van der Waals surface area contributed by atoms with Crippen LogP contribution in [0.15, 0.2) is 62.9 Å². The molecular weight excluding hydrogens is 376 g/mol. The molecule has 1 aliphatic heterocycles. The van der Waals surface area contributed by atoms with Gasteiger partial charge in [0.05, 0.1) is 17.7 Å². The van der Waals surface area contributed by atoms with E-state index < -0.39 is 0 Å². The summed E-state index contributed by atoms with van der Waals surface area (Å²) in [4.78, 5) is 17.1. The highest BCUT2D eigenvalue weighted by Crippen LogP contribution is 2.30. The van der Waals surface area contributed by atoms with Crippen molar-refractivity contribution in [3.8, 4) is 5.75 Å². The molecule has 1 amide bonds. The first-order valence-corrected chi connectivity index (χ1v) is 8.45. The topological polar surface area (TPSA) is 50.7 Å². The number of hydrogen-bond donors (Lipinski definition) is 1. The molecular formula is C17H13BrN2O2S. The van der Waals surface area contributed by atoms with Crippen molar-refractivity contribution < 1.29 is 9.53 Å². The van der Waals surface area contributed by atoms with Gasteiger partial charge in [-0.1, -0.05) is 34.1 Å². The van der Waals surface area contributed by atoms with Crippen molar-refractivity contribution in [2.24, 2.45) is 4.99 Å². The normalized spacial score (nSPS) is 17.6. The van der Waals surface area contributed by atoms with Crippen LogP contribution in [0.25, 0.3) is 6.08 Å². The number of benzene rings is 2. The molecule has 0 aromatic heterocycles. The second-order valence-electron chi connectivity index (χ2n) is 4.70. The number of amides is 1. The van der Waals surface area contributed by atoms with E-state index in [1.165, 1.54) is 11.8 Å². The predicted octanol–water partition coefficient (Wildman–Crippen LogP) is 4.35. The number of aliphatic imine (C=N–C) groups is 1. The van der Waals surface area contributed by atoms with Gasteiger partial charge in [-0.2, -0.15) is 0 Å². The standard InChI is InChI=1S/C17H13BrN2O2S/c1-22-14-5-3-2-4-11(14)10-15-16(21)20-17(23-15)19-13-8-6-12(18)7-9-13/h2-10H,1H3,(H,19,20,21). The van der Waals surface area contributed by atoms with E-state index in [1.807, 2.05) is 54.6 Å². The van der Waals surface area contributed by atoms with Crippen LogP contribution in [0, 0.1) is 0 Å². The molecule has 1 saturated heterocycles. The van der Waals surface area contributed by atoms with Gasteiger partial charge in [0.15, 0.2) is 5.17 Å². The summed E-state index contributed by atoms with van der Waals surface area (Å²) in [7, 11) is 1.61. The molecule has 0 radical (unpaired) electrons. The van der Waals surface area contributed by atoms with E-state index in [0.29, 0.717) is 10.1 Å². The molecule has 116 valence electrons. The number of carbonyl (C=O) groups excluding carboxylic acids is 1. The molecule has 2 aromatic carbocycles. The Morgan fingerprint density at radius 3 is 2.65 bits per heavy atom. The molecule has 1 N–H and O–H groups in total. The van der Waals surface area contributed by atoms with E-state index in [2.05, 4.69) is 26.2 Å². The fourth-order valence-electron chi connectivity index (χ4n) is 2.04. The van der Waals surface area contributed by atoms with E-state index in [9.17, 15) is 4.79 Å². The van der Waals surface area contributed by atoms with Gasteiger partial charge in [0.2, 0.25) is 0 Å². The molecule has 1 aliphatic rings. The maximum absolute atomic E-state index is 12.1. The van der Waals surface area contributed by atoms with E-state index in [1.54, 1.807) is 7.11 Å². The largest absolute Gasteiger partial charge is 0.496 e. The van der Waals surface area contributed by atoms with Crippen molar-refractivity contribution in [2.75, 3.05) is 7.11 Å². The second-order valence-corrected chi connectivity index (χ2v) is 6.65. The highest BCUT2D eigenvalue weighted by molar-refractivity contribution is 9.10. The van der Waals surface area contributed by atoms with Crippen LogP contribution in [-0.2, 0) is 4.79 Å². The van der Waals surface area contributed by atoms with Crippen LogP contribution in [0.2, 0.25) is 0 Å². The number of carbonyl (C=O) groups is 1. The molecule has 23 heavy (non-hydrogen) atoms. The van der Waals surface area contributed by atoms with E-state index in [-0.39, 0.29) is 5.91 Å². The third kappa shape index (κ3) is 3.83. The minimum absolute atomic E-state index is 0.156. The quantitative estimate of drug-likeness (QED) is 0.795. The summed E-state index contributed by atoms with van der Waals surface area (Å²) in [5.74, 6) is 0.573. The first kappa shape index (κ1) is 15.8. The predicted molar refractivity (Wildman–Crippen MR) is 97.9 cm³/mol. The van der Waals surface area contributed by atoms with Crippen LogP contribution in [0.3, 0.4) is 0 Å². The fraction of sp³-hybridized carbons (Fsp3) is 0.0588. The van der Waals surface area contributed by atoms with Gasteiger partial charge in [-0.25, -0.2) is 4.99 Å². The van der Waals surface area contributed by atoms with Crippen LogP contribution in [-0.4, -0.2) is 18.2 Å². The molecule has 3 rings (SSSR count). The molecule has 0 unspecified atom stereocenters. The molecule has 2 aromatic rings. The van der Waals surface area contributed by atoms with Gasteiger partial charge in [0.25, 0.3) is 5.91 Å². The Morgan fingerprint density at radius 2 is 1.91 bits per heavy atom. The number of halogens is 1. The van der Waals surface area contributed by atoms with Crippen LogP contribution in [0.1, 0.15) is 5.56 Å². The lowest BCUT2D eigenvalue weighted by Crippen LogP contribution is -2.19. The Kier molecular flexibility index (Phi) is 4.83. The van der Waals surface area contributed by atoms with E-state index in [4.69, 9.17) is 4.74 Å². The number of rotatable bonds is 3. The summed E-state index contributed by atoms with van der Waals surface area (Å²) in [5, 5.41) is 3.35. The van der Waals surface area contributed by atoms with E-state index >= 15 is 0 Å². The van der Waals surface area contributed by atoms with Crippen LogP contribution in [0.4, 0.5) is 5.69 Å². The molecule has 1 heterocycles. The van der Waals surface area contributed by atoms with Crippen molar-refractivity contribution in [3.05, 3.63) is 63.5 Å². The molecule has 6 heteroatoms. The lowest BCUT2D eigenvalue weighted by atomic mass is 10.2. The second kappa shape index (κ2) is 7.02. The van der Waals surface area contributed by atoms with Crippen LogP contribution in [0.5, 0.6) is 5.75 Å². The van der Waals surface area contributed by atoms with Crippen molar-refractivity contribution in [2.45, 2.75) is 0 Å². The van der Waals surface area contributed by atoms with Gasteiger partial charge >= 0.3 is 0 Å². The van der Waals surface area contributed by atoms with Gasteiger partial charge < -0.3 is 10.1 Å². The van der Waals surface area contributed by atoms with Gasteiger partial charge in [-0.05, 0) is 48.2 Å². The molecule has 1 fully saturated rings. The van der Waals surface area contributed by atoms with Gasteiger partial charge in [-0.3, -0.25) is 4.79 Å². The Bertz CT molecular complexity index is 800. The maximum Gasteiger partial charge on any atom is 0.264 e. The summed E-state index contributed by atoms with van der Waals surface area (Å²) >= 11 is 4.70. The lowest BCUT2D eigenvalue weighted by Gasteiger charge is -2.03. The zero-order valence-corrected chi connectivity index (χ0v) is 14.6. The van der Waals surface area contributed by atoms with Gasteiger partial charge in [0, 0.05) is 10.0 Å². The number of methoxy groups -OCH3 is 1. The number of nitrogens with zero attached hydrogens (tertiary/aromatic N) is 1. The maximum atomic E-state index is 12.1. The Balaban J connectivity index is 1.85. The number of nitrogens with one attached hydrogen (secondary N) is 1. The fourth-order valence-corrected chi connectivity index (χ4v) is 3.14. The zero-order chi connectivity index (χ0) is 16.2. The Labute approximate surface area is 146 Å². The molecule has 0 atom stereocenters. The number of ether oxygens (including phenoxy) is 1. The number of thioether (sulfide) groups is 1. The summed E-state index contributed by atoms with van der Waals surface area (Å²) in [6, 6.07) is 15.1. The molecule has 0 aliphatic carbocycles. The molecule has 0 bridgehead atoms. The van der Waals surface area contributed by atoms with Crippen molar-refractivity contribution in [3.63, 3.8) is 0 Å². The third-order valence-corrected chi connectivity index (χ3v) is 4.57. The Morgan fingerprint density at radius 1 is 1.17 bits per heavy atom. The summed E-state index contributed by atoms with van der Waals surface area (Å²) in [6.07, 6.45) is 1.81. The highest BCUT2D eigenvalue weighted by Gasteiger charge is 2.24. The number of amidine groups is 1. The van der Waals surface area contributed by atoms with E-state index in [0.717, 1.165) is 21.5 Å². The number of hydrogen-bond acceptors (Lipinski definition) is 4. The minimum atomic E-state index is -0.156. The van der Waals surface area contributed by atoms with Gasteiger partial charge in [-0.15, -0.1) is 0 Å². The van der Waals surface area contributed by atoms with Crippen LogP contribution < -0.4 is 10.1 Å². The Hall–Kier alpha value is -2.05. The summed E-state index contributed by atoms with van der Waals surface area (Å²) < 4.78 is 6.29. The average molecular weight is 389 g/mol. The lowest BCUT2D eigenvalue weighted by molar-refractivity contribution is -0.115.